The Bertz CT molecular complexity index is 264. The van der Waals surface area contributed by atoms with Crippen molar-refractivity contribution in [1.82, 2.24) is 9.97 Å². The third kappa shape index (κ3) is 2.29. The molecular weight excluding hydrogens is 140 g/mol. The van der Waals surface area contributed by atoms with E-state index in [1.54, 1.807) is 18.5 Å². The quantitative estimate of drug-likeness (QED) is 0.464. The number of allylic oxidation sites excluding steroid dienone is 1. The summed E-state index contributed by atoms with van der Waals surface area (Å²) in [5, 5.41) is 0. The first-order valence-corrected chi connectivity index (χ1v) is 3.23. The largest absolute Gasteiger partial charge is 0.299 e. The van der Waals surface area contributed by atoms with E-state index in [1.807, 2.05) is 6.92 Å². The van der Waals surface area contributed by atoms with E-state index in [9.17, 15) is 4.79 Å². The van der Waals surface area contributed by atoms with Crippen molar-refractivity contribution in [1.29, 1.82) is 0 Å². The lowest BCUT2D eigenvalue weighted by Crippen LogP contribution is -1.85. The van der Waals surface area contributed by atoms with Crippen LogP contribution in [0.25, 0.3) is 6.08 Å². The highest BCUT2D eigenvalue weighted by Crippen LogP contribution is 1.96. The number of hydrogen-bond donors (Lipinski definition) is 0. The predicted molar refractivity (Wildman–Crippen MR) is 41.9 cm³/mol. The minimum atomic E-state index is 0.722. The average Bonchev–Trinajstić information content (AvgIpc) is 2.04. The fraction of sp³-hybridized carbons (Fsp3) is 0.125. The van der Waals surface area contributed by atoms with Crippen LogP contribution in [0.15, 0.2) is 18.5 Å². The van der Waals surface area contributed by atoms with E-state index >= 15 is 0 Å². The maximum Gasteiger partial charge on any atom is 0.142 e. The first kappa shape index (κ1) is 7.60. The van der Waals surface area contributed by atoms with Crippen molar-refractivity contribution in [3.63, 3.8) is 0 Å². The molecule has 1 aromatic rings. The topological polar surface area (TPSA) is 42.9 Å². The molecule has 0 atom stereocenters. The Morgan fingerprint density at radius 2 is 2.00 bits per heavy atom. The van der Waals surface area contributed by atoms with E-state index in [0.717, 1.165) is 17.7 Å². The van der Waals surface area contributed by atoms with E-state index in [4.69, 9.17) is 0 Å². The summed E-state index contributed by atoms with van der Waals surface area (Å²) >= 11 is 0. The van der Waals surface area contributed by atoms with Gasteiger partial charge in [-0.3, -0.25) is 4.79 Å². The second-order valence-electron chi connectivity index (χ2n) is 2.06. The van der Waals surface area contributed by atoms with E-state index < -0.39 is 0 Å². The van der Waals surface area contributed by atoms with E-state index in [2.05, 4.69) is 9.97 Å². The van der Waals surface area contributed by atoms with Crippen molar-refractivity contribution in [2.75, 3.05) is 0 Å². The molecule has 0 saturated heterocycles. The second kappa shape index (κ2) is 3.61. The summed E-state index contributed by atoms with van der Waals surface area (Å²) in [5.41, 5.74) is 0.836. The second-order valence-corrected chi connectivity index (χ2v) is 2.06. The van der Waals surface area contributed by atoms with Crippen molar-refractivity contribution in [3.05, 3.63) is 29.9 Å². The molecular formula is C8H8N2O. The van der Waals surface area contributed by atoms with Crippen LogP contribution in [0.2, 0.25) is 0 Å². The summed E-state index contributed by atoms with van der Waals surface area (Å²) in [6.45, 7) is 1.81. The Hall–Kier alpha value is -1.51. The maximum atomic E-state index is 9.92. The summed E-state index contributed by atoms with van der Waals surface area (Å²) < 4.78 is 0. The van der Waals surface area contributed by atoms with Gasteiger partial charge in [0, 0.05) is 18.0 Å². The number of aryl methyl sites for hydroxylation is 1. The fourth-order valence-corrected chi connectivity index (χ4v) is 0.639. The molecule has 0 N–H and O–H groups in total. The molecule has 0 spiro atoms. The van der Waals surface area contributed by atoms with Crippen LogP contribution in [0.1, 0.15) is 11.4 Å². The first-order valence-electron chi connectivity index (χ1n) is 3.23. The van der Waals surface area contributed by atoms with Crippen LogP contribution in [-0.2, 0) is 4.79 Å². The van der Waals surface area contributed by atoms with Gasteiger partial charge in [0.2, 0.25) is 0 Å². The number of carbonyl (C=O) groups excluding carboxylic acids is 1. The molecule has 0 unspecified atom stereocenters. The monoisotopic (exact) mass is 148 g/mol. The van der Waals surface area contributed by atoms with Gasteiger partial charge < -0.3 is 0 Å². The molecule has 0 amide bonds. The minimum Gasteiger partial charge on any atom is -0.299 e. The van der Waals surface area contributed by atoms with Gasteiger partial charge in [0.25, 0.3) is 0 Å². The van der Waals surface area contributed by atoms with Gasteiger partial charge in [-0.15, -0.1) is 0 Å². The lowest BCUT2D eigenvalue weighted by atomic mass is 10.3. The molecule has 0 aliphatic rings. The van der Waals surface area contributed by atoms with Crippen molar-refractivity contribution in [3.8, 4) is 0 Å². The Morgan fingerprint density at radius 3 is 2.55 bits per heavy atom. The number of aldehydes is 1. The molecule has 1 rings (SSSR count). The van der Waals surface area contributed by atoms with Gasteiger partial charge in [0.15, 0.2) is 0 Å². The minimum absolute atomic E-state index is 0.722. The Balaban J connectivity index is 2.81. The van der Waals surface area contributed by atoms with Crippen LogP contribution in [-0.4, -0.2) is 16.3 Å². The molecule has 3 heteroatoms. The van der Waals surface area contributed by atoms with Crippen molar-refractivity contribution >= 4 is 12.4 Å². The zero-order chi connectivity index (χ0) is 8.10. The van der Waals surface area contributed by atoms with Gasteiger partial charge in [0.05, 0.1) is 0 Å². The first-order chi connectivity index (χ1) is 5.33. The molecule has 0 bridgehead atoms. The smallest absolute Gasteiger partial charge is 0.142 e. The highest BCUT2D eigenvalue weighted by molar-refractivity contribution is 5.73. The number of hydrogen-bond acceptors (Lipinski definition) is 3. The van der Waals surface area contributed by atoms with Crippen molar-refractivity contribution in [2.24, 2.45) is 0 Å². The Morgan fingerprint density at radius 1 is 1.36 bits per heavy atom. The predicted octanol–water partition coefficient (Wildman–Crippen LogP) is 0.997. The standard InChI is InChI=1S/C8H8N2O/c1-7-9-5-8(6-10-7)3-2-4-11/h2-6H,1H3/b3-2+. The van der Waals surface area contributed by atoms with Crippen LogP contribution in [0.5, 0.6) is 0 Å². The van der Waals surface area contributed by atoms with Gasteiger partial charge in [-0.25, -0.2) is 9.97 Å². The number of nitrogens with zero attached hydrogens (tertiary/aromatic N) is 2. The van der Waals surface area contributed by atoms with Crippen LogP contribution in [0.3, 0.4) is 0 Å². The number of rotatable bonds is 2. The van der Waals surface area contributed by atoms with Crippen molar-refractivity contribution in [2.45, 2.75) is 6.92 Å². The third-order valence-electron chi connectivity index (χ3n) is 1.17. The highest BCUT2D eigenvalue weighted by Gasteiger charge is 1.86. The van der Waals surface area contributed by atoms with Crippen molar-refractivity contribution < 1.29 is 4.79 Å². The molecule has 0 fully saturated rings. The average molecular weight is 148 g/mol. The van der Waals surface area contributed by atoms with Crippen LogP contribution < -0.4 is 0 Å². The summed E-state index contributed by atoms with van der Waals surface area (Å²) in [5.74, 6) is 0.730. The molecule has 0 saturated carbocycles. The summed E-state index contributed by atoms with van der Waals surface area (Å²) in [7, 11) is 0. The normalized spacial score (nSPS) is 10.3. The van der Waals surface area contributed by atoms with Crippen LogP contribution in [0.4, 0.5) is 0 Å². The molecule has 3 nitrogen and oxygen atoms in total. The zero-order valence-electron chi connectivity index (χ0n) is 6.19. The highest BCUT2D eigenvalue weighted by atomic mass is 16.1. The molecule has 0 aromatic carbocycles. The number of aromatic nitrogens is 2. The van der Waals surface area contributed by atoms with Gasteiger partial charge >= 0.3 is 0 Å². The number of carbonyl (C=O) groups is 1. The molecule has 0 aliphatic heterocycles. The molecule has 0 aliphatic carbocycles. The fourth-order valence-electron chi connectivity index (χ4n) is 0.639. The Kier molecular flexibility index (Phi) is 2.49. The van der Waals surface area contributed by atoms with Gasteiger partial charge in [0.1, 0.15) is 12.1 Å². The molecule has 1 aromatic heterocycles. The van der Waals surface area contributed by atoms with Gasteiger partial charge in [-0.2, -0.15) is 0 Å². The summed E-state index contributed by atoms with van der Waals surface area (Å²) in [6.07, 6.45) is 7.13. The lowest BCUT2D eigenvalue weighted by Gasteiger charge is -1.90. The van der Waals surface area contributed by atoms with E-state index in [0.29, 0.717) is 0 Å². The molecule has 0 radical (unpaired) electrons. The summed E-state index contributed by atoms with van der Waals surface area (Å²) in [4.78, 5) is 17.8. The van der Waals surface area contributed by atoms with E-state index in [1.165, 1.54) is 6.08 Å². The lowest BCUT2D eigenvalue weighted by molar-refractivity contribution is -0.104. The zero-order valence-corrected chi connectivity index (χ0v) is 6.19. The van der Waals surface area contributed by atoms with Crippen LogP contribution >= 0.6 is 0 Å². The van der Waals surface area contributed by atoms with Crippen LogP contribution in [0, 0.1) is 6.92 Å². The SMILES string of the molecule is Cc1ncc(/C=C/C=O)cn1. The molecule has 11 heavy (non-hydrogen) atoms. The third-order valence-corrected chi connectivity index (χ3v) is 1.17. The Labute approximate surface area is 64.8 Å². The summed E-state index contributed by atoms with van der Waals surface area (Å²) in [6, 6.07) is 0. The van der Waals surface area contributed by atoms with Gasteiger partial charge in [-0.1, -0.05) is 0 Å². The maximum absolute atomic E-state index is 9.92. The van der Waals surface area contributed by atoms with Gasteiger partial charge in [-0.05, 0) is 19.1 Å². The molecule has 1 heterocycles. The van der Waals surface area contributed by atoms with E-state index in [-0.39, 0.29) is 0 Å². The molecule has 56 valence electrons.